The average molecular weight is 200 g/mol. The number of rotatable bonds is 1. The monoisotopic (exact) mass is 200 g/mol. The van der Waals surface area contributed by atoms with E-state index in [1.807, 2.05) is 0 Å². The molecule has 1 nitrogen and oxygen atoms in total. The van der Waals surface area contributed by atoms with Gasteiger partial charge >= 0.3 is 0 Å². The Hall–Kier alpha value is -1.37. The lowest BCUT2D eigenvalue weighted by molar-refractivity contribution is -0.118. The van der Waals surface area contributed by atoms with Crippen molar-refractivity contribution in [3.63, 3.8) is 0 Å². The number of carbonyl (C=O) groups excluding carboxylic acids is 1. The fourth-order valence-corrected chi connectivity index (χ4v) is 2.04. The Kier molecular flexibility index (Phi) is 2.72. The molecule has 0 amide bonds. The van der Waals surface area contributed by atoms with Gasteiger partial charge in [-0.05, 0) is 37.0 Å². The third kappa shape index (κ3) is 2.17. The van der Waals surface area contributed by atoms with Crippen molar-refractivity contribution in [3.05, 3.63) is 41.0 Å². The highest BCUT2D eigenvalue weighted by Crippen LogP contribution is 2.28. The Balaban J connectivity index is 2.37. The number of allylic oxidation sites excluding steroid dienone is 2. The van der Waals surface area contributed by atoms with Gasteiger partial charge in [-0.1, -0.05) is 29.8 Å². The van der Waals surface area contributed by atoms with Crippen LogP contribution in [0.15, 0.2) is 24.3 Å². The fraction of sp³-hybridized carbons (Fsp3) is 0.357. The SMILES string of the molecule is Cc1ccc(C)c(C2=CCC(=O)CC2)c1. The minimum Gasteiger partial charge on any atom is -0.299 e. The summed E-state index contributed by atoms with van der Waals surface area (Å²) in [6, 6.07) is 6.51. The Morgan fingerprint density at radius 1 is 1.13 bits per heavy atom. The smallest absolute Gasteiger partial charge is 0.137 e. The molecule has 0 atom stereocenters. The summed E-state index contributed by atoms with van der Waals surface area (Å²) in [5, 5.41) is 0. The van der Waals surface area contributed by atoms with Crippen molar-refractivity contribution in [3.8, 4) is 0 Å². The number of ketones is 1. The van der Waals surface area contributed by atoms with E-state index in [1.165, 1.54) is 22.3 Å². The summed E-state index contributed by atoms with van der Waals surface area (Å²) < 4.78 is 0. The van der Waals surface area contributed by atoms with Gasteiger partial charge in [0.05, 0.1) is 0 Å². The van der Waals surface area contributed by atoms with Gasteiger partial charge in [0.2, 0.25) is 0 Å². The van der Waals surface area contributed by atoms with Crippen molar-refractivity contribution in [2.45, 2.75) is 33.1 Å². The first-order valence-corrected chi connectivity index (χ1v) is 5.45. The van der Waals surface area contributed by atoms with Crippen LogP contribution in [0.3, 0.4) is 0 Å². The lowest BCUT2D eigenvalue weighted by atomic mass is 9.90. The summed E-state index contributed by atoms with van der Waals surface area (Å²) in [6.45, 7) is 4.24. The molecule has 0 radical (unpaired) electrons. The molecule has 0 aromatic heterocycles. The van der Waals surface area contributed by atoms with Crippen LogP contribution in [0.5, 0.6) is 0 Å². The maximum absolute atomic E-state index is 11.1. The van der Waals surface area contributed by atoms with Gasteiger partial charge in [-0.3, -0.25) is 4.79 Å². The second-order valence-corrected chi connectivity index (χ2v) is 4.29. The van der Waals surface area contributed by atoms with Gasteiger partial charge in [0, 0.05) is 12.8 Å². The van der Waals surface area contributed by atoms with Crippen LogP contribution in [0.2, 0.25) is 0 Å². The molecule has 15 heavy (non-hydrogen) atoms. The van der Waals surface area contributed by atoms with Crippen molar-refractivity contribution in [2.24, 2.45) is 0 Å². The lowest BCUT2D eigenvalue weighted by Gasteiger charge is -2.15. The maximum atomic E-state index is 11.1. The predicted octanol–water partition coefficient (Wildman–Crippen LogP) is 3.44. The molecule has 78 valence electrons. The van der Waals surface area contributed by atoms with Crippen LogP contribution in [0, 0.1) is 13.8 Å². The van der Waals surface area contributed by atoms with Crippen LogP contribution >= 0.6 is 0 Å². The summed E-state index contributed by atoms with van der Waals surface area (Å²) in [5.41, 5.74) is 5.26. The first-order chi connectivity index (χ1) is 7.16. The zero-order valence-corrected chi connectivity index (χ0v) is 9.34. The fourth-order valence-electron chi connectivity index (χ4n) is 2.04. The molecule has 0 spiro atoms. The molecule has 0 N–H and O–H groups in total. The normalized spacial score (nSPS) is 16.4. The number of benzene rings is 1. The molecule has 1 aliphatic carbocycles. The summed E-state index contributed by atoms with van der Waals surface area (Å²) in [5.74, 6) is 0.365. The standard InChI is InChI=1S/C14H16O/c1-10-3-4-11(2)14(9-10)12-5-7-13(15)8-6-12/h3-5,9H,6-8H2,1-2H3. The largest absolute Gasteiger partial charge is 0.299 e. The molecule has 0 saturated heterocycles. The second-order valence-electron chi connectivity index (χ2n) is 4.29. The molecule has 1 aliphatic rings. The second kappa shape index (κ2) is 4.01. The van der Waals surface area contributed by atoms with Crippen LogP contribution in [-0.2, 0) is 4.79 Å². The van der Waals surface area contributed by atoms with Crippen molar-refractivity contribution in [2.75, 3.05) is 0 Å². The van der Waals surface area contributed by atoms with Crippen LogP contribution in [0.25, 0.3) is 5.57 Å². The minimum absolute atomic E-state index is 0.365. The number of aryl methyl sites for hydroxylation is 2. The summed E-state index contributed by atoms with van der Waals surface area (Å²) in [6.07, 6.45) is 4.32. The molecular formula is C14H16O. The highest BCUT2D eigenvalue weighted by atomic mass is 16.1. The molecule has 2 rings (SSSR count). The number of hydrogen-bond acceptors (Lipinski definition) is 1. The van der Waals surface area contributed by atoms with E-state index in [1.54, 1.807) is 0 Å². The zero-order chi connectivity index (χ0) is 10.8. The van der Waals surface area contributed by atoms with E-state index < -0.39 is 0 Å². The van der Waals surface area contributed by atoms with E-state index in [-0.39, 0.29) is 0 Å². The first-order valence-electron chi connectivity index (χ1n) is 5.45. The van der Waals surface area contributed by atoms with E-state index in [9.17, 15) is 4.79 Å². The summed E-state index contributed by atoms with van der Waals surface area (Å²) in [4.78, 5) is 11.1. The third-order valence-electron chi connectivity index (χ3n) is 2.99. The number of Topliss-reactive ketones (excluding diaryl/α,β-unsaturated/α-hetero) is 1. The minimum atomic E-state index is 0.365. The maximum Gasteiger partial charge on any atom is 0.137 e. The highest BCUT2D eigenvalue weighted by Gasteiger charge is 2.13. The van der Waals surface area contributed by atoms with Crippen molar-refractivity contribution in [1.82, 2.24) is 0 Å². The van der Waals surface area contributed by atoms with Crippen molar-refractivity contribution in [1.29, 1.82) is 0 Å². The Morgan fingerprint density at radius 3 is 2.60 bits per heavy atom. The molecule has 0 aliphatic heterocycles. The predicted molar refractivity (Wildman–Crippen MR) is 62.8 cm³/mol. The molecular weight excluding hydrogens is 184 g/mol. The lowest BCUT2D eigenvalue weighted by Crippen LogP contribution is -2.04. The average Bonchev–Trinajstić information content (AvgIpc) is 2.23. The zero-order valence-electron chi connectivity index (χ0n) is 9.34. The van der Waals surface area contributed by atoms with Crippen LogP contribution in [0.4, 0.5) is 0 Å². The Labute approximate surface area is 90.8 Å². The van der Waals surface area contributed by atoms with Gasteiger partial charge < -0.3 is 0 Å². The molecule has 0 heterocycles. The van der Waals surface area contributed by atoms with Gasteiger partial charge in [-0.2, -0.15) is 0 Å². The number of hydrogen-bond donors (Lipinski definition) is 0. The van der Waals surface area contributed by atoms with Gasteiger partial charge in [0.15, 0.2) is 0 Å². The van der Waals surface area contributed by atoms with E-state index in [0.717, 1.165) is 6.42 Å². The van der Waals surface area contributed by atoms with E-state index in [2.05, 4.69) is 38.1 Å². The first kappa shape index (κ1) is 10.2. The van der Waals surface area contributed by atoms with Crippen molar-refractivity contribution < 1.29 is 4.79 Å². The Bertz CT molecular complexity index is 427. The quantitative estimate of drug-likeness (QED) is 0.678. The topological polar surface area (TPSA) is 17.1 Å². The molecule has 0 bridgehead atoms. The van der Waals surface area contributed by atoms with Gasteiger partial charge in [-0.15, -0.1) is 0 Å². The molecule has 1 heteroatoms. The number of carbonyl (C=O) groups is 1. The molecule has 0 unspecified atom stereocenters. The highest BCUT2D eigenvalue weighted by molar-refractivity contribution is 5.87. The van der Waals surface area contributed by atoms with E-state index >= 15 is 0 Å². The molecule has 1 aromatic rings. The van der Waals surface area contributed by atoms with Gasteiger partial charge in [0.25, 0.3) is 0 Å². The summed E-state index contributed by atoms with van der Waals surface area (Å²) in [7, 11) is 0. The van der Waals surface area contributed by atoms with Crippen LogP contribution in [0.1, 0.15) is 36.0 Å². The van der Waals surface area contributed by atoms with Gasteiger partial charge in [0.1, 0.15) is 5.78 Å². The van der Waals surface area contributed by atoms with E-state index in [0.29, 0.717) is 18.6 Å². The third-order valence-corrected chi connectivity index (χ3v) is 2.99. The molecule has 0 saturated carbocycles. The summed E-state index contributed by atoms with van der Waals surface area (Å²) >= 11 is 0. The van der Waals surface area contributed by atoms with E-state index in [4.69, 9.17) is 0 Å². The van der Waals surface area contributed by atoms with Crippen LogP contribution in [-0.4, -0.2) is 5.78 Å². The molecule has 1 aromatic carbocycles. The Morgan fingerprint density at radius 2 is 1.93 bits per heavy atom. The van der Waals surface area contributed by atoms with Gasteiger partial charge in [-0.25, -0.2) is 0 Å². The van der Waals surface area contributed by atoms with Crippen LogP contribution < -0.4 is 0 Å². The molecule has 0 fully saturated rings. The van der Waals surface area contributed by atoms with Crippen molar-refractivity contribution >= 4 is 11.4 Å².